The second kappa shape index (κ2) is 5.03. The summed E-state index contributed by atoms with van der Waals surface area (Å²) in [5, 5.41) is 9.46. The predicted octanol–water partition coefficient (Wildman–Crippen LogP) is 3.38. The SMILES string of the molecule is CC.Cc1ccc(O)cc1Cl. The highest BCUT2D eigenvalue weighted by atomic mass is 35.5. The van der Waals surface area contributed by atoms with Gasteiger partial charge in [-0.2, -0.15) is 0 Å². The molecule has 0 bridgehead atoms. The molecule has 0 spiro atoms. The van der Waals surface area contributed by atoms with Crippen LogP contribution < -0.4 is 0 Å². The Hall–Kier alpha value is -0.690. The van der Waals surface area contributed by atoms with Crippen LogP contribution in [0.3, 0.4) is 0 Å². The number of aryl methyl sites for hydroxylation is 1. The highest BCUT2D eigenvalue weighted by molar-refractivity contribution is 6.31. The fourth-order valence-corrected chi connectivity index (χ4v) is 0.757. The maximum Gasteiger partial charge on any atom is 0.117 e. The average molecular weight is 173 g/mol. The van der Waals surface area contributed by atoms with Gasteiger partial charge < -0.3 is 5.11 Å². The molecular formula is C9H13ClO. The second-order valence-electron chi connectivity index (χ2n) is 1.93. The smallest absolute Gasteiger partial charge is 0.117 e. The Bertz CT molecular complexity index is 221. The van der Waals surface area contributed by atoms with E-state index in [4.69, 9.17) is 16.7 Å². The van der Waals surface area contributed by atoms with E-state index in [1.807, 2.05) is 20.8 Å². The summed E-state index contributed by atoms with van der Waals surface area (Å²) in [5.74, 6) is 0.214. The zero-order valence-corrected chi connectivity index (χ0v) is 7.81. The van der Waals surface area contributed by atoms with Crippen LogP contribution in [0, 0.1) is 6.92 Å². The van der Waals surface area contributed by atoms with Gasteiger partial charge in [0.1, 0.15) is 5.75 Å². The number of halogens is 1. The van der Waals surface area contributed by atoms with E-state index in [0.29, 0.717) is 5.02 Å². The van der Waals surface area contributed by atoms with Gasteiger partial charge in [0.15, 0.2) is 0 Å². The zero-order valence-electron chi connectivity index (χ0n) is 7.06. The fourth-order valence-electron chi connectivity index (χ4n) is 0.582. The quantitative estimate of drug-likeness (QED) is 0.636. The molecule has 0 unspecified atom stereocenters. The lowest BCUT2D eigenvalue weighted by atomic mass is 10.2. The minimum absolute atomic E-state index is 0.214. The number of hydrogen-bond acceptors (Lipinski definition) is 1. The molecule has 1 rings (SSSR count). The van der Waals surface area contributed by atoms with Crippen molar-refractivity contribution in [3.05, 3.63) is 28.8 Å². The molecule has 0 aliphatic heterocycles. The Labute approximate surface area is 72.6 Å². The van der Waals surface area contributed by atoms with E-state index in [1.165, 1.54) is 6.07 Å². The molecular weight excluding hydrogens is 160 g/mol. The van der Waals surface area contributed by atoms with Gasteiger partial charge in [-0.05, 0) is 24.6 Å². The molecule has 0 aliphatic carbocycles. The molecule has 2 heteroatoms. The van der Waals surface area contributed by atoms with E-state index >= 15 is 0 Å². The summed E-state index contributed by atoms with van der Waals surface area (Å²) in [7, 11) is 0. The van der Waals surface area contributed by atoms with Gasteiger partial charge in [0.2, 0.25) is 0 Å². The first-order valence-corrected chi connectivity index (χ1v) is 4.03. The van der Waals surface area contributed by atoms with Gasteiger partial charge in [-0.3, -0.25) is 0 Å². The number of benzene rings is 1. The van der Waals surface area contributed by atoms with Gasteiger partial charge >= 0.3 is 0 Å². The molecule has 1 N–H and O–H groups in total. The summed E-state index contributed by atoms with van der Waals surface area (Å²) in [5.41, 5.74) is 0.981. The third-order valence-corrected chi connectivity index (χ3v) is 1.56. The minimum Gasteiger partial charge on any atom is -0.508 e. The van der Waals surface area contributed by atoms with Crippen LogP contribution in [-0.2, 0) is 0 Å². The van der Waals surface area contributed by atoms with E-state index in [1.54, 1.807) is 12.1 Å². The van der Waals surface area contributed by atoms with Crippen LogP contribution >= 0.6 is 11.6 Å². The number of phenols is 1. The lowest BCUT2D eigenvalue weighted by Gasteiger charge is -1.95. The van der Waals surface area contributed by atoms with Crippen LogP contribution in [0.1, 0.15) is 19.4 Å². The van der Waals surface area contributed by atoms with E-state index < -0.39 is 0 Å². The normalized spacial score (nSPS) is 8.36. The Morgan fingerprint density at radius 2 is 1.82 bits per heavy atom. The molecule has 0 aliphatic rings. The number of rotatable bonds is 0. The summed E-state index contributed by atoms with van der Waals surface area (Å²) in [6.45, 7) is 5.89. The van der Waals surface area contributed by atoms with Crippen LogP contribution in [0.5, 0.6) is 5.75 Å². The van der Waals surface area contributed by atoms with Crippen molar-refractivity contribution in [1.29, 1.82) is 0 Å². The summed E-state index contributed by atoms with van der Waals surface area (Å²) in [4.78, 5) is 0. The summed E-state index contributed by atoms with van der Waals surface area (Å²) >= 11 is 5.65. The molecule has 11 heavy (non-hydrogen) atoms. The van der Waals surface area contributed by atoms with Gasteiger partial charge in [-0.15, -0.1) is 0 Å². The largest absolute Gasteiger partial charge is 0.508 e. The Morgan fingerprint density at radius 1 is 1.27 bits per heavy atom. The number of phenolic OH excluding ortho intramolecular Hbond substituents is 1. The van der Waals surface area contributed by atoms with Crippen molar-refractivity contribution in [2.24, 2.45) is 0 Å². The molecule has 1 nitrogen and oxygen atoms in total. The molecule has 1 aromatic carbocycles. The van der Waals surface area contributed by atoms with Crippen LogP contribution in [0.2, 0.25) is 5.02 Å². The Kier molecular flexibility index (Phi) is 4.71. The molecule has 0 fully saturated rings. The van der Waals surface area contributed by atoms with E-state index in [-0.39, 0.29) is 5.75 Å². The Morgan fingerprint density at radius 3 is 2.18 bits per heavy atom. The van der Waals surface area contributed by atoms with Gasteiger partial charge in [0, 0.05) is 5.02 Å². The van der Waals surface area contributed by atoms with Crippen molar-refractivity contribution in [1.82, 2.24) is 0 Å². The molecule has 62 valence electrons. The molecule has 0 saturated heterocycles. The lowest BCUT2D eigenvalue weighted by molar-refractivity contribution is 0.475. The fraction of sp³-hybridized carbons (Fsp3) is 0.333. The summed E-state index contributed by atoms with van der Waals surface area (Å²) in [6.07, 6.45) is 0. The molecule has 1 aromatic rings. The number of hydrogen-bond donors (Lipinski definition) is 1. The van der Waals surface area contributed by atoms with Gasteiger partial charge in [-0.1, -0.05) is 31.5 Å². The summed E-state index contributed by atoms with van der Waals surface area (Å²) < 4.78 is 0. The maximum atomic E-state index is 8.85. The molecule has 0 saturated carbocycles. The second-order valence-corrected chi connectivity index (χ2v) is 2.34. The standard InChI is InChI=1S/C7H7ClO.C2H6/c1-5-2-3-6(9)4-7(5)8;1-2/h2-4,9H,1H3;1-2H3. The average Bonchev–Trinajstić information content (AvgIpc) is 2.02. The van der Waals surface area contributed by atoms with E-state index in [9.17, 15) is 0 Å². The van der Waals surface area contributed by atoms with Gasteiger partial charge in [0.25, 0.3) is 0 Å². The molecule has 0 heterocycles. The van der Waals surface area contributed by atoms with E-state index in [2.05, 4.69) is 0 Å². The summed E-state index contributed by atoms with van der Waals surface area (Å²) in [6, 6.07) is 4.91. The number of aromatic hydroxyl groups is 1. The highest BCUT2D eigenvalue weighted by Gasteiger charge is 1.93. The molecule has 0 aromatic heterocycles. The minimum atomic E-state index is 0.214. The van der Waals surface area contributed by atoms with Crippen molar-refractivity contribution >= 4 is 11.6 Å². The molecule has 0 amide bonds. The van der Waals surface area contributed by atoms with Crippen LogP contribution in [0.25, 0.3) is 0 Å². The molecule has 0 atom stereocenters. The first-order valence-electron chi connectivity index (χ1n) is 3.65. The third kappa shape index (κ3) is 3.28. The van der Waals surface area contributed by atoms with Gasteiger partial charge in [0.05, 0.1) is 0 Å². The van der Waals surface area contributed by atoms with Crippen molar-refractivity contribution < 1.29 is 5.11 Å². The van der Waals surface area contributed by atoms with Crippen LogP contribution in [-0.4, -0.2) is 5.11 Å². The lowest BCUT2D eigenvalue weighted by Crippen LogP contribution is -1.71. The third-order valence-electron chi connectivity index (χ3n) is 1.16. The highest BCUT2D eigenvalue weighted by Crippen LogP contribution is 2.19. The van der Waals surface area contributed by atoms with Crippen molar-refractivity contribution in [2.75, 3.05) is 0 Å². The van der Waals surface area contributed by atoms with E-state index in [0.717, 1.165) is 5.56 Å². The monoisotopic (exact) mass is 172 g/mol. The first-order chi connectivity index (χ1) is 5.20. The topological polar surface area (TPSA) is 20.2 Å². The van der Waals surface area contributed by atoms with Crippen molar-refractivity contribution in [3.63, 3.8) is 0 Å². The van der Waals surface area contributed by atoms with Crippen LogP contribution in [0.4, 0.5) is 0 Å². The zero-order chi connectivity index (χ0) is 8.85. The first kappa shape index (κ1) is 10.3. The predicted molar refractivity (Wildman–Crippen MR) is 49.2 cm³/mol. The van der Waals surface area contributed by atoms with Gasteiger partial charge in [-0.25, -0.2) is 0 Å². The van der Waals surface area contributed by atoms with Crippen LogP contribution in [0.15, 0.2) is 18.2 Å². The van der Waals surface area contributed by atoms with Crippen molar-refractivity contribution in [3.8, 4) is 5.75 Å². The Balaban J connectivity index is 0.000000461. The molecule has 0 radical (unpaired) electrons. The van der Waals surface area contributed by atoms with Crippen molar-refractivity contribution in [2.45, 2.75) is 20.8 Å². The maximum absolute atomic E-state index is 8.85.